The van der Waals surface area contributed by atoms with E-state index >= 15 is 0 Å². The van der Waals surface area contributed by atoms with E-state index in [1.165, 1.54) is 6.08 Å². The number of unbranched alkanes of at least 4 members (excludes halogenated alkanes) is 5. The van der Waals surface area contributed by atoms with Crippen molar-refractivity contribution in [2.75, 3.05) is 13.2 Å². The molecule has 36 heavy (non-hydrogen) atoms. The second-order valence-electron chi connectivity index (χ2n) is 10.2. The van der Waals surface area contributed by atoms with Crippen LogP contribution in [-0.4, -0.2) is 77.1 Å². The van der Waals surface area contributed by atoms with Gasteiger partial charge in [0, 0.05) is 23.9 Å². The maximum atomic E-state index is 12.1. The first-order valence-corrected chi connectivity index (χ1v) is 12.9. The van der Waals surface area contributed by atoms with Crippen LogP contribution in [0.25, 0.3) is 0 Å². The third kappa shape index (κ3) is 11.1. The van der Waals surface area contributed by atoms with Crippen molar-refractivity contribution >= 4 is 11.9 Å². The Bertz CT molecular complexity index is 699. The molecule has 8 atom stereocenters. The van der Waals surface area contributed by atoms with Gasteiger partial charge in [0.2, 0.25) is 0 Å². The molecule has 2 heterocycles. The van der Waals surface area contributed by atoms with Crippen LogP contribution in [0.2, 0.25) is 0 Å². The SMILES string of the molecule is C/C(=C\C(=O)OCCCCCCCCC(=O)[O-])C[C@@H]1OC[C@@H]2C[C@H](O)[C@@H]([C@@H](C)[C@H](C)O)O[C@H]2[C@H]1O.[Na+]. The van der Waals surface area contributed by atoms with Gasteiger partial charge in [-0.05, 0) is 46.0 Å². The number of aliphatic hydroxyl groups excluding tert-OH is 3. The molecular weight excluding hydrogens is 479 g/mol. The van der Waals surface area contributed by atoms with E-state index in [1.807, 2.05) is 6.92 Å². The minimum Gasteiger partial charge on any atom is -0.550 e. The number of aliphatic carboxylic acids is 1. The van der Waals surface area contributed by atoms with Crippen molar-refractivity contribution in [3.05, 3.63) is 11.6 Å². The summed E-state index contributed by atoms with van der Waals surface area (Å²) < 4.78 is 17.2. The molecule has 3 N–H and O–H groups in total. The quantitative estimate of drug-likeness (QED) is 0.105. The molecule has 2 rings (SSSR count). The van der Waals surface area contributed by atoms with Crippen LogP contribution in [0.1, 0.15) is 78.6 Å². The van der Waals surface area contributed by atoms with E-state index in [0.717, 1.165) is 37.7 Å². The number of rotatable bonds is 14. The fourth-order valence-electron chi connectivity index (χ4n) is 4.84. The Morgan fingerprint density at radius 3 is 2.39 bits per heavy atom. The number of carbonyl (C=O) groups excluding carboxylic acids is 2. The van der Waals surface area contributed by atoms with E-state index < -0.39 is 48.6 Å². The molecule has 2 aliphatic rings. The van der Waals surface area contributed by atoms with E-state index in [4.69, 9.17) is 14.2 Å². The molecule has 0 amide bonds. The summed E-state index contributed by atoms with van der Waals surface area (Å²) in [6.45, 7) is 5.95. The van der Waals surface area contributed by atoms with Gasteiger partial charge in [0.1, 0.15) is 6.10 Å². The summed E-state index contributed by atoms with van der Waals surface area (Å²) in [6, 6.07) is 0. The number of esters is 1. The van der Waals surface area contributed by atoms with Crippen LogP contribution in [0.15, 0.2) is 11.6 Å². The molecule has 0 saturated carbocycles. The maximum Gasteiger partial charge on any atom is 1.00 e. The van der Waals surface area contributed by atoms with Gasteiger partial charge in [-0.2, -0.15) is 0 Å². The molecule has 0 aromatic carbocycles. The zero-order chi connectivity index (χ0) is 26.0. The molecule has 2 aliphatic heterocycles. The predicted octanol–water partition coefficient (Wildman–Crippen LogP) is -1.74. The fourth-order valence-corrected chi connectivity index (χ4v) is 4.84. The minimum absolute atomic E-state index is 0. The molecule has 0 aromatic heterocycles. The van der Waals surface area contributed by atoms with Crippen molar-refractivity contribution in [1.82, 2.24) is 0 Å². The van der Waals surface area contributed by atoms with E-state index in [2.05, 4.69) is 0 Å². The minimum atomic E-state index is -1.01. The standard InChI is InChI=1S/C26H44O9.Na/c1-16(13-23(31)33-11-9-7-5-4-6-8-10-22(29)30)12-21-24(32)26-19(15-34-21)14-20(28)25(35-26)17(2)18(3)27;/h13,17-21,24-28,32H,4-12,14-15H2,1-3H3,(H,29,30);/q;+1/p-1/b16-13+;/t17-,18-,19-,20-,21-,24-,25+,26+;/m0./s1. The molecule has 2 fully saturated rings. The average molecular weight is 523 g/mol. The Labute approximate surface area is 236 Å². The van der Waals surface area contributed by atoms with Crippen molar-refractivity contribution in [3.8, 4) is 0 Å². The van der Waals surface area contributed by atoms with Crippen LogP contribution >= 0.6 is 0 Å². The van der Waals surface area contributed by atoms with Gasteiger partial charge >= 0.3 is 35.5 Å². The van der Waals surface area contributed by atoms with E-state index in [1.54, 1.807) is 13.8 Å². The number of fused-ring (bicyclic) bond motifs is 1. The molecule has 9 nitrogen and oxygen atoms in total. The van der Waals surface area contributed by atoms with Crippen molar-refractivity contribution in [1.29, 1.82) is 0 Å². The van der Waals surface area contributed by atoms with E-state index in [-0.39, 0.29) is 47.8 Å². The van der Waals surface area contributed by atoms with Crippen LogP contribution in [0.4, 0.5) is 0 Å². The smallest absolute Gasteiger partial charge is 0.550 e. The molecule has 0 spiro atoms. The summed E-state index contributed by atoms with van der Waals surface area (Å²) in [5, 5.41) is 41.6. The largest absolute Gasteiger partial charge is 1.00 e. The number of carbonyl (C=O) groups is 2. The van der Waals surface area contributed by atoms with Crippen molar-refractivity contribution in [2.24, 2.45) is 11.8 Å². The van der Waals surface area contributed by atoms with Gasteiger partial charge in [0.05, 0.1) is 43.7 Å². The van der Waals surface area contributed by atoms with Crippen LogP contribution in [0.5, 0.6) is 0 Å². The topological polar surface area (TPSA) is 146 Å². The second kappa shape index (κ2) is 17.1. The van der Waals surface area contributed by atoms with Gasteiger partial charge in [-0.3, -0.25) is 0 Å². The fraction of sp³-hybridized carbons (Fsp3) is 0.846. The predicted molar refractivity (Wildman–Crippen MR) is 126 cm³/mol. The van der Waals surface area contributed by atoms with Crippen LogP contribution in [0, 0.1) is 11.8 Å². The van der Waals surface area contributed by atoms with Crippen LogP contribution in [-0.2, 0) is 23.8 Å². The van der Waals surface area contributed by atoms with Gasteiger partial charge < -0.3 is 39.4 Å². The van der Waals surface area contributed by atoms with Gasteiger partial charge in [0.25, 0.3) is 0 Å². The summed E-state index contributed by atoms with van der Waals surface area (Å²) in [6.07, 6.45) is 3.54. The zero-order valence-electron chi connectivity index (χ0n) is 22.3. The van der Waals surface area contributed by atoms with Crippen molar-refractivity contribution in [3.63, 3.8) is 0 Å². The zero-order valence-corrected chi connectivity index (χ0v) is 24.3. The van der Waals surface area contributed by atoms with Crippen LogP contribution < -0.4 is 34.7 Å². The first-order chi connectivity index (χ1) is 16.6. The molecule has 202 valence electrons. The number of carboxylic acids is 1. The third-order valence-corrected chi connectivity index (χ3v) is 7.13. The summed E-state index contributed by atoms with van der Waals surface area (Å²) in [7, 11) is 0. The molecule has 0 aromatic rings. The number of carboxylic acid groups (broad SMARTS) is 1. The monoisotopic (exact) mass is 522 g/mol. The number of aliphatic hydroxyl groups is 3. The van der Waals surface area contributed by atoms with Crippen molar-refractivity contribution < 1.29 is 73.8 Å². The first kappa shape index (κ1) is 33.5. The molecule has 0 aliphatic carbocycles. The summed E-state index contributed by atoms with van der Waals surface area (Å²) >= 11 is 0. The third-order valence-electron chi connectivity index (χ3n) is 7.13. The van der Waals surface area contributed by atoms with E-state index in [9.17, 15) is 30.0 Å². The molecule has 0 bridgehead atoms. The van der Waals surface area contributed by atoms with Crippen molar-refractivity contribution in [2.45, 2.75) is 115 Å². The maximum absolute atomic E-state index is 12.1. The first-order valence-electron chi connectivity index (χ1n) is 12.9. The summed E-state index contributed by atoms with van der Waals surface area (Å²) in [5.74, 6) is -1.84. The normalized spacial score (nSPS) is 30.0. The Morgan fingerprint density at radius 1 is 1.11 bits per heavy atom. The number of ether oxygens (including phenoxy) is 3. The Kier molecular flexibility index (Phi) is 16.0. The van der Waals surface area contributed by atoms with Gasteiger partial charge in [-0.25, -0.2) is 4.79 Å². The van der Waals surface area contributed by atoms with Gasteiger partial charge in [-0.1, -0.05) is 38.2 Å². The molecule has 0 radical (unpaired) electrons. The van der Waals surface area contributed by atoms with Crippen LogP contribution in [0.3, 0.4) is 0 Å². The van der Waals surface area contributed by atoms with E-state index in [0.29, 0.717) is 32.5 Å². The Morgan fingerprint density at radius 2 is 1.75 bits per heavy atom. The Hall–Kier alpha value is -0.520. The molecule has 2 saturated heterocycles. The summed E-state index contributed by atoms with van der Waals surface area (Å²) in [5.41, 5.74) is 0.732. The van der Waals surface area contributed by atoms with Gasteiger partial charge in [-0.15, -0.1) is 0 Å². The average Bonchev–Trinajstić information content (AvgIpc) is 2.78. The summed E-state index contributed by atoms with van der Waals surface area (Å²) in [4.78, 5) is 22.5. The Balaban J connectivity index is 0.00000648. The molecular formula is C26H43NaO9. The number of hydrogen-bond donors (Lipinski definition) is 3. The molecule has 10 heteroatoms. The second-order valence-corrected chi connectivity index (χ2v) is 10.2. The number of hydrogen-bond acceptors (Lipinski definition) is 9. The van der Waals surface area contributed by atoms with Gasteiger partial charge in [0.15, 0.2) is 0 Å². The molecule has 0 unspecified atom stereocenters.